The van der Waals surface area contributed by atoms with Crippen LogP contribution in [0.5, 0.6) is 0 Å². The summed E-state index contributed by atoms with van der Waals surface area (Å²) in [4.78, 5) is 28.3. The Labute approximate surface area is 176 Å². The smallest absolute Gasteiger partial charge is 0.414 e. The summed E-state index contributed by atoms with van der Waals surface area (Å²) in [6, 6.07) is 10.7. The lowest BCUT2D eigenvalue weighted by Gasteiger charge is -2.34. The van der Waals surface area contributed by atoms with Gasteiger partial charge in [0.1, 0.15) is 6.10 Å². The Kier molecular flexibility index (Phi) is 5.91. The van der Waals surface area contributed by atoms with E-state index in [0.29, 0.717) is 34.6 Å². The first-order valence-corrected chi connectivity index (χ1v) is 10.3. The molecule has 0 radical (unpaired) electrons. The number of cyclic esters (lactones) is 1. The van der Waals surface area contributed by atoms with Crippen LogP contribution in [-0.2, 0) is 9.47 Å². The summed E-state index contributed by atoms with van der Waals surface area (Å²) in [6.45, 7) is 1.98. The lowest BCUT2D eigenvalue weighted by atomic mass is 10.2. The number of carbonyl (C=O) groups excluding carboxylic acids is 2. The molecular weight excluding hydrogens is 418 g/mol. The highest BCUT2D eigenvalue weighted by molar-refractivity contribution is 7.17. The van der Waals surface area contributed by atoms with Crippen LogP contribution >= 0.6 is 22.9 Å². The molecule has 2 fully saturated rings. The first kappa shape index (κ1) is 20.0. The number of hydrogen-bond donors (Lipinski definition) is 2. The van der Waals surface area contributed by atoms with Gasteiger partial charge in [-0.3, -0.25) is 9.69 Å². The van der Waals surface area contributed by atoms with E-state index in [0.717, 1.165) is 5.69 Å². The van der Waals surface area contributed by atoms with Gasteiger partial charge in [0.2, 0.25) is 0 Å². The second kappa shape index (κ2) is 8.58. The van der Waals surface area contributed by atoms with Crippen molar-refractivity contribution in [3.05, 3.63) is 45.6 Å². The normalized spacial score (nSPS) is 21.9. The van der Waals surface area contributed by atoms with Crippen molar-refractivity contribution in [2.45, 2.75) is 12.3 Å². The quantitative estimate of drug-likeness (QED) is 0.746. The summed E-state index contributed by atoms with van der Waals surface area (Å²) < 4.78 is 11.1. The molecule has 8 nitrogen and oxygen atoms in total. The molecule has 2 amide bonds. The van der Waals surface area contributed by atoms with Gasteiger partial charge in [-0.15, -0.1) is 11.3 Å². The molecule has 29 heavy (non-hydrogen) atoms. The van der Waals surface area contributed by atoms with E-state index in [2.05, 4.69) is 5.32 Å². The van der Waals surface area contributed by atoms with Gasteiger partial charge < -0.3 is 24.8 Å². The molecule has 2 saturated heterocycles. The highest BCUT2D eigenvalue weighted by Crippen LogP contribution is 2.26. The van der Waals surface area contributed by atoms with Crippen molar-refractivity contribution in [1.29, 1.82) is 0 Å². The van der Waals surface area contributed by atoms with Gasteiger partial charge in [-0.05, 0) is 36.4 Å². The van der Waals surface area contributed by atoms with Crippen molar-refractivity contribution in [2.75, 3.05) is 42.6 Å². The Morgan fingerprint density at radius 3 is 2.69 bits per heavy atom. The monoisotopic (exact) mass is 437 g/mol. The predicted molar refractivity (Wildman–Crippen MR) is 110 cm³/mol. The molecule has 4 rings (SSSR count). The molecule has 2 N–H and O–H groups in total. The number of aliphatic hydroxyl groups is 1. The summed E-state index contributed by atoms with van der Waals surface area (Å²) in [5.74, 6) is -0.246. The van der Waals surface area contributed by atoms with Crippen molar-refractivity contribution in [3.8, 4) is 0 Å². The molecule has 1 aromatic carbocycles. The molecule has 0 bridgehead atoms. The predicted octanol–water partition coefficient (Wildman–Crippen LogP) is 2.31. The van der Waals surface area contributed by atoms with Gasteiger partial charge >= 0.3 is 6.09 Å². The number of rotatable bonds is 5. The maximum atomic E-state index is 12.3. The molecule has 2 aliphatic rings. The highest BCUT2D eigenvalue weighted by Gasteiger charge is 2.33. The average molecular weight is 438 g/mol. The number of amides is 2. The van der Waals surface area contributed by atoms with Crippen LogP contribution in [0.4, 0.5) is 16.2 Å². The SMILES string of the molecule is O=C(NCC1CN(c2ccc(N3CCOCC3O)cc2)C(=O)O1)c1ccc(Cl)s1. The standard InChI is InChI=1S/C19H20ClN3O5S/c20-16-6-5-15(29-16)18(25)21-9-14-10-23(19(26)28-14)13-3-1-12(2-4-13)22-7-8-27-11-17(22)24/h1-6,14,17,24H,7-11H2,(H,21,25). The minimum atomic E-state index is -0.683. The number of halogens is 1. The number of thiophene rings is 1. The van der Waals surface area contributed by atoms with E-state index in [-0.39, 0.29) is 19.1 Å². The van der Waals surface area contributed by atoms with Crippen LogP contribution in [0.1, 0.15) is 9.67 Å². The number of morpholine rings is 1. The van der Waals surface area contributed by atoms with Crippen molar-refractivity contribution in [3.63, 3.8) is 0 Å². The van der Waals surface area contributed by atoms with E-state index >= 15 is 0 Å². The minimum Gasteiger partial charge on any atom is -0.442 e. The fourth-order valence-corrected chi connectivity index (χ4v) is 4.24. The number of nitrogens with one attached hydrogen (secondary N) is 1. The van der Waals surface area contributed by atoms with Crippen molar-refractivity contribution < 1.29 is 24.2 Å². The second-order valence-electron chi connectivity index (χ2n) is 6.70. The van der Waals surface area contributed by atoms with E-state index in [4.69, 9.17) is 21.1 Å². The fraction of sp³-hybridized carbons (Fsp3) is 0.368. The molecular formula is C19H20ClN3O5S. The van der Waals surface area contributed by atoms with E-state index < -0.39 is 18.4 Å². The summed E-state index contributed by atoms with van der Waals surface area (Å²) >= 11 is 7.04. The van der Waals surface area contributed by atoms with Gasteiger partial charge in [0.25, 0.3) is 5.91 Å². The van der Waals surface area contributed by atoms with E-state index in [1.807, 2.05) is 29.2 Å². The zero-order valence-corrected chi connectivity index (χ0v) is 17.0. The van der Waals surface area contributed by atoms with Crippen LogP contribution in [0.3, 0.4) is 0 Å². The minimum absolute atomic E-state index is 0.217. The Balaban J connectivity index is 1.34. The number of aliphatic hydroxyl groups excluding tert-OH is 1. The molecule has 0 spiro atoms. The molecule has 0 aliphatic carbocycles. The third-order valence-electron chi connectivity index (χ3n) is 4.76. The second-order valence-corrected chi connectivity index (χ2v) is 8.41. The summed E-state index contributed by atoms with van der Waals surface area (Å²) in [6.07, 6.45) is -1.58. The zero-order valence-electron chi connectivity index (χ0n) is 15.4. The number of nitrogens with zero attached hydrogens (tertiary/aromatic N) is 2. The van der Waals surface area contributed by atoms with Crippen LogP contribution in [0.25, 0.3) is 0 Å². The van der Waals surface area contributed by atoms with Crippen molar-refractivity contribution in [2.24, 2.45) is 0 Å². The highest BCUT2D eigenvalue weighted by atomic mass is 35.5. The molecule has 3 heterocycles. The topological polar surface area (TPSA) is 91.3 Å². The van der Waals surface area contributed by atoms with E-state index in [1.54, 1.807) is 12.1 Å². The van der Waals surface area contributed by atoms with Crippen LogP contribution in [0.2, 0.25) is 4.34 Å². The maximum absolute atomic E-state index is 12.3. The number of benzene rings is 1. The third kappa shape index (κ3) is 4.48. The number of hydrogen-bond acceptors (Lipinski definition) is 7. The van der Waals surface area contributed by atoms with Crippen LogP contribution in [-0.4, -0.2) is 62.3 Å². The summed E-state index contributed by atoms with van der Waals surface area (Å²) in [5.41, 5.74) is 1.55. The van der Waals surface area contributed by atoms with Crippen molar-refractivity contribution >= 4 is 46.3 Å². The lowest BCUT2D eigenvalue weighted by molar-refractivity contribution is 0.00633. The molecule has 0 saturated carbocycles. The first-order valence-electron chi connectivity index (χ1n) is 9.15. The molecule has 2 unspecified atom stereocenters. The molecule has 154 valence electrons. The molecule has 10 heteroatoms. The number of anilines is 2. The molecule has 2 aliphatic heterocycles. The van der Waals surface area contributed by atoms with Gasteiger partial charge in [-0.1, -0.05) is 11.6 Å². The van der Waals surface area contributed by atoms with Gasteiger partial charge in [-0.25, -0.2) is 4.79 Å². The fourth-order valence-electron chi connectivity index (χ4n) is 3.28. The maximum Gasteiger partial charge on any atom is 0.414 e. The van der Waals surface area contributed by atoms with Crippen LogP contribution in [0.15, 0.2) is 36.4 Å². The molecule has 1 aromatic heterocycles. The Morgan fingerprint density at radius 1 is 1.24 bits per heavy atom. The van der Waals surface area contributed by atoms with E-state index in [1.165, 1.54) is 16.2 Å². The van der Waals surface area contributed by atoms with Gasteiger partial charge in [0, 0.05) is 17.9 Å². The number of carbonyl (C=O) groups is 2. The average Bonchev–Trinajstić information content (AvgIpc) is 3.32. The summed E-state index contributed by atoms with van der Waals surface area (Å²) in [5, 5.41) is 12.8. The van der Waals surface area contributed by atoms with Crippen molar-refractivity contribution in [1.82, 2.24) is 5.32 Å². The Morgan fingerprint density at radius 2 is 2.00 bits per heavy atom. The van der Waals surface area contributed by atoms with Gasteiger partial charge in [-0.2, -0.15) is 0 Å². The van der Waals surface area contributed by atoms with Crippen LogP contribution < -0.4 is 15.1 Å². The van der Waals surface area contributed by atoms with Crippen LogP contribution in [0, 0.1) is 0 Å². The van der Waals surface area contributed by atoms with Gasteiger partial charge in [0.05, 0.1) is 35.5 Å². The third-order valence-corrected chi connectivity index (χ3v) is 5.99. The van der Waals surface area contributed by atoms with Gasteiger partial charge in [0.15, 0.2) is 6.23 Å². The summed E-state index contributed by atoms with van der Waals surface area (Å²) in [7, 11) is 0. The van der Waals surface area contributed by atoms with E-state index in [9.17, 15) is 14.7 Å². The largest absolute Gasteiger partial charge is 0.442 e. The first-order chi connectivity index (χ1) is 14.0. The lowest BCUT2D eigenvalue weighted by Crippen LogP contribution is -2.45. The number of ether oxygens (including phenoxy) is 2. The zero-order chi connectivity index (χ0) is 20.4. The Bertz CT molecular complexity index is 890. The Hall–Kier alpha value is -2.33. The molecule has 2 atom stereocenters. The molecule has 2 aromatic rings.